The van der Waals surface area contributed by atoms with Gasteiger partial charge in [0.15, 0.2) is 0 Å². The van der Waals surface area contributed by atoms with Crippen molar-refractivity contribution < 1.29 is 19.4 Å². The third-order valence-corrected chi connectivity index (χ3v) is 5.38. The number of ether oxygens (including phenoxy) is 2. The van der Waals surface area contributed by atoms with Gasteiger partial charge >= 0.3 is 0 Å². The third-order valence-electron chi connectivity index (χ3n) is 5.38. The molecule has 5 heteroatoms. The molecule has 0 saturated carbocycles. The number of benzene rings is 3. The lowest BCUT2D eigenvalue weighted by molar-refractivity contribution is -0.138. The zero-order valence-corrected chi connectivity index (χ0v) is 19.1. The molecular formula is C27H33NO4. The minimum Gasteiger partial charge on any atom is -0.489 e. The van der Waals surface area contributed by atoms with E-state index in [2.05, 4.69) is 64.7 Å². The second kappa shape index (κ2) is 11.1. The number of carbonyl (C=O) groups excluding carboxylic acids is 1. The van der Waals surface area contributed by atoms with Gasteiger partial charge in [-0.2, -0.15) is 0 Å². The van der Waals surface area contributed by atoms with Gasteiger partial charge in [0.25, 0.3) is 6.47 Å². The molecule has 1 saturated heterocycles. The highest BCUT2D eigenvalue weighted by Gasteiger charge is 2.24. The molecule has 0 bridgehead atoms. The van der Waals surface area contributed by atoms with E-state index >= 15 is 0 Å². The average molecular weight is 436 g/mol. The predicted molar refractivity (Wildman–Crippen MR) is 128 cm³/mol. The first kappa shape index (κ1) is 23.8. The number of fused-ring (bicyclic) bond motifs is 1. The Morgan fingerprint density at radius 2 is 1.75 bits per heavy atom. The fourth-order valence-corrected chi connectivity index (χ4v) is 3.68. The number of hydrogen-bond donors (Lipinski definition) is 2. The summed E-state index contributed by atoms with van der Waals surface area (Å²) in [5.74, 6) is 1.08. The lowest BCUT2D eigenvalue weighted by atomic mass is 9.88. The van der Waals surface area contributed by atoms with E-state index in [4.69, 9.17) is 4.74 Å². The zero-order valence-electron chi connectivity index (χ0n) is 19.1. The molecule has 4 rings (SSSR count). The molecule has 3 aromatic carbocycles. The number of hydrogen-bond acceptors (Lipinski definition) is 5. The van der Waals surface area contributed by atoms with Crippen LogP contribution in [-0.2, 0) is 16.1 Å². The molecule has 0 aromatic heterocycles. The van der Waals surface area contributed by atoms with Crippen LogP contribution in [0.1, 0.15) is 44.2 Å². The molecule has 0 amide bonds. The van der Waals surface area contributed by atoms with Crippen LogP contribution < -0.4 is 10.1 Å². The molecule has 32 heavy (non-hydrogen) atoms. The van der Waals surface area contributed by atoms with Crippen molar-refractivity contribution in [1.82, 2.24) is 5.32 Å². The van der Waals surface area contributed by atoms with Gasteiger partial charge in [-0.3, -0.25) is 4.79 Å². The molecule has 1 fully saturated rings. The molecule has 1 aliphatic heterocycles. The molecule has 0 aliphatic carbocycles. The average Bonchev–Trinajstić information content (AvgIpc) is 2.78. The smallest absolute Gasteiger partial charge is 0.293 e. The van der Waals surface area contributed by atoms with Gasteiger partial charge in [-0.1, -0.05) is 48.5 Å². The molecule has 3 aromatic rings. The Labute approximate surface area is 190 Å². The highest BCUT2D eigenvalue weighted by Crippen LogP contribution is 2.27. The van der Waals surface area contributed by atoms with E-state index in [9.17, 15) is 9.90 Å². The maximum absolute atomic E-state index is 10.1. The molecule has 1 aliphatic rings. The van der Waals surface area contributed by atoms with Crippen molar-refractivity contribution in [2.75, 3.05) is 13.1 Å². The second-order valence-electron chi connectivity index (χ2n) is 9.03. The number of β-amino-alcohol motifs (C(OH)–C–C–N with tert-alkyl or cyclic N) is 1. The topological polar surface area (TPSA) is 67.8 Å². The van der Waals surface area contributed by atoms with E-state index in [1.165, 1.54) is 16.3 Å². The fourth-order valence-electron chi connectivity index (χ4n) is 3.68. The number of aliphatic hydroxyl groups is 1. The summed E-state index contributed by atoms with van der Waals surface area (Å²) in [5.41, 5.74) is 2.03. The van der Waals surface area contributed by atoms with Gasteiger partial charge in [-0.05, 0) is 73.8 Å². The molecule has 2 N–H and O–H groups in total. The first-order valence-electron chi connectivity index (χ1n) is 11.1. The van der Waals surface area contributed by atoms with Crippen molar-refractivity contribution in [2.24, 2.45) is 0 Å². The maximum atomic E-state index is 10.1. The summed E-state index contributed by atoms with van der Waals surface area (Å²) in [6, 6.07) is 22.9. The molecule has 0 radical (unpaired) electrons. The minimum atomic E-state index is -0.318. The summed E-state index contributed by atoms with van der Waals surface area (Å²) in [6.45, 7) is 8.11. The van der Waals surface area contributed by atoms with Crippen LogP contribution in [0.15, 0.2) is 66.7 Å². The molecule has 2 atom stereocenters. The molecule has 1 heterocycles. The van der Waals surface area contributed by atoms with Gasteiger partial charge in [-0.15, -0.1) is 0 Å². The van der Waals surface area contributed by atoms with E-state index in [-0.39, 0.29) is 17.6 Å². The fraction of sp³-hybridized carbons (Fsp3) is 0.370. The predicted octanol–water partition coefficient (Wildman–Crippen LogP) is 4.81. The van der Waals surface area contributed by atoms with Crippen LogP contribution in [-0.4, -0.2) is 36.4 Å². The molecule has 0 spiro atoms. The Kier molecular flexibility index (Phi) is 8.26. The summed E-state index contributed by atoms with van der Waals surface area (Å²) in [5, 5.41) is 15.8. The number of aliphatic hydroxyl groups excluding tert-OH is 1. The Bertz CT molecular complexity index is 994. The Morgan fingerprint density at radius 3 is 2.38 bits per heavy atom. The summed E-state index contributed by atoms with van der Waals surface area (Å²) in [4.78, 5) is 9.60. The standard InChI is InChI=1S/C22H23NO2.C5H10O2/c24-22-14-23-12-11-21(22)18-7-9-20(10-8-18)25-15-16-5-6-17-3-1-2-4-19(17)13-16;1-5(2,3)7-4-6/h1-10,13,21-24H,11-12,14-15H2;4H,1-3H3. The SMILES string of the molecule is CC(C)(C)OC=O.OC1CNCCC1c1ccc(OCc2ccc3ccccc3c2)cc1. The van der Waals surface area contributed by atoms with Crippen molar-refractivity contribution >= 4 is 17.2 Å². The molecule has 2 unspecified atom stereocenters. The van der Waals surface area contributed by atoms with Crippen LogP contribution >= 0.6 is 0 Å². The van der Waals surface area contributed by atoms with Crippen molar-refractivity contribution in [2.45, 2.75) is 51.4 Å². The van der Waals surface area contributed by atoms with Crippen LogP contribution in [0.25, 0.3) is 10.8 Å². The number of rotatable bonds is 5. The summed E-state index contributed by atoms with van der Waals surface area (Å²) in [7, 11) is 0. The monoisotopic (exact) mass is 435 g/mol. The number of carbonyl (C=O) groups is 1. The molecule has 5 nitrogen and oxygen atoms in total. The summed E-state index contributed by atoms with van der Waals surface area (Å²) >= 11 is 0. The van der Waals surface area contributed by atoms with Crippen LogP contribution in [0, 0.1) is 0 Å². The first-order valence-corrected chi connectivity index (χ1v) is 11.1. The lowest BCUT2D eigenvalue weighted by Gasteiger charge is -2.28. The molecular weight excluding hydrogens is 402 g/mol. The van der Waals surface area contributed by atoms with Gasteiger partial charge < -0.3 is 19.9 Å². The summed E-state index contributed by atoms with van der Waals surface area (Å²) < 4.78 is 10.5. The number of piperidine rings is 1. The van der Waals surface area contributed by atoms with E-state index in [1.807, 2.05) is 32.9 Å². The second-order valence-corrected chi connectivity index (χ2v) is 9.03. The highest BCUT2D eigenvalue weighted by atomic mass is 16.5. The largest absolute Gasteiger partial charge is 0.489 e. The normalized spacial score (nSPS) is 18.4. The van der Waals surface area contributed by atoms with E-state index in [0.717, 1.165) is 24.3 Å². The quantitative estimate of drug-likeness (QED) is 0.563. The minimum absolute atomic E-state index is 0.218. The first-order chi connectivity index (χ1) is 15.4. The zero-order chi connectivity index (χ0) is 23.0. The van der Waals surface area contributed by atoms with Gasteiger partial charge in [0.2, 0.25) is 0 Å². The number of nitrogens with one attached hydrogen (secondary N) is 1. The van der Waals surface area contributed by atoms with Gasteiger partial charge in [0.05, 0.1) is 6.10 Å². The van der Waals surface area contributed by atoms with E-state index in [1.54, 1.807) is 0 Å². The highest BCUT2D eigenvalue weighted by molar-refractivity contribution is 5.82. The van der Waals surface area contributed by atoms with Gasteiger partial charge in [0.1, 0.15) is 18.0 Å². The summed E-state index contributed by atoms with van der Waals surface area (Å²) in [6.07, 6.45) is 0.663. The Balaban J connectivity index is 0.000000360. The van der Waals surface area contributed by atoms with Crippen LogP contribution in [0.2, 0.25) is 0 Å². The van der Waals surface area contributed by atoms with Crippen molar-refractivity contribution in [3.05, 3.63) is 77.9 Å². The molecule has 170 valence electrons. The van der Waals surface area contributed by atoms with E-state index in [0.29, 0.717) is 19.6 Å². The van der Waals surface area contributed by atoms with Crippen LogP contribution in [0.5, 0.6) is 5.75 Å². The van der Waals surface area contributed by atoms with Crippen molar-refractivity contribution in [1.29, 1.82) is 0 Å². The Morgan fingerprint density at radius 1 is 1.03 bits per heavy atom. The lowest BCUT2D eigenvalue weighted by Crippen LogP contribution is -2.39. The van der Waals surface area contributed by atoms with Crippen molar-refractivity contribution in [3.63, 3.8) is 0 Å². The van der Waals surface area contributed by atoms with Crippen molar-refractivity contribution in [3.8, 4) is 5.75 Å². The maximum Gasteiger partial charge on any atom is 0.293 e. The van der Waals surface area contributed by atoms with E-state index < -0.39 is 0 Å². The van der Waals surface area contributed by atoms with Crippen LogP contribution in [0.4, 0.5) is 0 Å². The third kappa shape index (κ3) is 7.08. The van der Waals surface area contributed by atoms with Gasteiger partial charge in [-0.25, -0.2) is 0 Å². The Hall–Kier alpha value is -2.89. The van der Waals surface area contributed by atoms with Crippen LogP contribution in [0.3, 0.4) is 0 Å². The van der Waals surface area contributed by atoms with Gasteiger partial charge in [0, 0.05) is 12.5 Å².